The van der Waals surface area contributed by atoms with Gasteiger partial charge < -0.3 is 14.4 Å². The van der Waals surface area contributed by atoms with Gasteiger partial charge in [0.25, 0.3) is 0 Å². The van der Waals surface area contributed by atoms with Crippen LogP contribution in [0, 0.1) is 5.92 Å². The Hall–Kier alpha value is -3.98. The molecule has 2 heterocycles. The summed E-state index contributed by atoms with van der Waals surface area (Å²) < 4.78 is 12.0. The molecule has 222 valence electrons. The largest absolute Gasteiger partial charge is 0.466 e. The van der Waals surface area contributed by atoms with Crippen molar-refractivity contribution in [3.8, 4) is 0 Å². The number of hydrogen-bond acceptors (Lipinski definition) is 6. The highest BCUT2D eigenvalue weighted by Gasteiger charge is 2.74. The smallest absolute Gasteiger partial charge is 0.421 e. The lowest BCUT2D eigenvalue weighted by Gasteiger charge is -2.36. The summed E-state index contributed by atoms with van der Waals surface area (Å²) in [5.41, 5.74) is -0.595. The fourth-order valence-corrected chi connectivity index (χ4v) is 7.58. The summed E-state index contributed by atoms with van der Waals surface area (Å²) in [7, 11) is 0. The minimum absolute atomic E-state index is 0.0717. The number of rotatable bonds is 4. The van der Waals surface area contributed by atoms with Gasteiger partial charge in [-0.25, -0.2) is 9.69 Å². The summed E-state index contributed by atoms with van der Waals surface area (Å²) in [4.78, 5) is 60.1. The zero-order chi connectivity index (χ0) is 30.7. The number of hydrogen-bond donors (Lipinski definition) is 0. The van der Waals surface area contributed by atoms with Crippen molar-refractivity contribution in [2.75, 3.05) is 16.4 Å². The lowest BCUT2D eigenvalue weighted by atomic mass is 9.64. The first kappa shape index (κ1) is 29.1. The zero-order valence-corrected chi connectivity index (χ0v) is 26.1. The predicted octanol–water partition coefficient (Wildman–Crippen LogP) is 6.43. The molecule has 9 heteroatoms. The number of amides is 3. The van der Waals surface area contributed by atoms with Crippen LogP contribution in [-0.2, 0) is 41.2 Å². The van der Waals surface area contributed by atoms with Gasteiger partial charge in [0.2, 0.25) is 11.8 Å². The number of nitrogens with zero attached hydrogens (tertiary/aromatic N) is 2. The van der Waals surface area contributed by atoms with Gasteiger partial charge in [-0.05, 0) is 75.4 Å². The number of carbonyl (C=O) groups is 4. The van der Waals surface area contributed by atoms with E-state index in [0.29, 0.717) is 33.5 Å². The van der Waals surface area contributed by atoms with Gasteiger partial charge in [-0.2, -0.15) is 0 Å². The predicted molar refractivity (Wildman–Crippen MR) is 165 cm³/mol. The fraction of sp³-hybridized carbons (Fsp3) is 0.353. The van der Waals surface area contributed by atoms with Gasteiger partial charge in [-0.3, -0.25) is 14.4 Å². The maximum atomic E-state index is 14.8. The van der Waals surface area contributed by atoms with Gasteiger partial charge in [-0.1, -0.05) is 70.5 Å². The summed E-state index contributed by atoms with van der Waals surface area (Å²) in [6.45, 7) is 7.26. The van der Waals surface area contributed by atoms with Crippen LogP contribution in [-0.4, -0.2) is 36.1 Å². The second kappa shape index (κ2) is 10.3. The van der Waals surface area contributed by atoms with Crippen molar-refractivity contribution in [3.63, 3.8) is 0 Å². The second-order valence-electron chi connectivity index (χ2n) is 12.3. The minimum atomic E-state index is -1.52. The molecule has 0 saturated heterocycles. The van der Waals surface area contributed by atoms with E-state index in [4.69, 9.17) is 9.47 Å². The molecule has 0 N–H and O–H groups in total. The lowest BCUT2D eigenvalue weighted by Crippen LogP contribution is -2.55. The number of benzene rings is 3. The van der Waals surface area contributed by atoms with Crippen LogP contribution in [0.15, 0.2) is 77.3 Å². The molecule has 0 bridgehead atoms. The van der Waals surface area contributed by atoms with Crippen molar-refractivity contribution in [2.45, 2.75) is 63.5 Å². The van der Waals surface area contributed by atoms with Gasteiger partial charge in [0.1, 0.15) is 5.60 Å². The van der Waals surface area contributed by atoms with Gasteiger partial charge >= 0.3 is 12.1 Å². The van der Waals surface area contributed by atoms with Crippen LogP contribution in [0.3, 0.4) is 0 Å². The second-order valence-corrected chi connectivity index (χ2v) is 13.2. The number of imide groups is 1. The third kappa shape index (κ3) is 4.31. The van der Waals surface area contributed by atoms with E-state index in [-0.39, 0.29) is 25.4 Å². The highest BCUT2D eigenvalue weighted by Crippen LogP contribution is 2.65. The van der Waals surface area contributed by atoms with Crippen LogP contribution in [0.1, 0.15) is 57.2 Å². The summed E-state index contributed by atoms with van der Waals surface area (Å²) >= 11 is 3.48. The molecule has 3 aromatic rings. The third-order valence-corrected chi connectivity index (χ3v) is 9.24. The van der Waals surface area contributed by atoms with Crippen LogP contribution in [0.2, 0.25) is 0 Å². The molecule has 0 radical (unpaired) electrons. The maximum Gasteiger partial charge on any atom is 0.421 e. The van der Waals surface area contributed by atoms with Crippen LogP contribution >= 0.6 is 15.9 Å². The average Bonchev–Trinajstić information content (AvgIpc) is 3.52. The first-order valence-electron chi connectivity index (χ1n) is 14.5. The molecule has 1 saturated carbocycles. The molecule has 0 unspecified atom stereocenters. The Kier molecular flexibility index (Phi) is 6.99. The van der Waals surface area contributed by atoms with Crippen molar-refractivity contribution in [3.05, 3.63) is 94.0 Å². The Morgan fingerprint density at radius 1 is 0.884 bits per heavy atom. The van der Waals surface area contributed by atoms with Crippen molar-refractivity contribution in [1.82, 2.24) is 0 Å². The van der Waals surface area contributed by atoms with Gasteiger partial charge in [-0.15, -0.1) is 0 Å². The number of esters is 1. The first-order valence-corrected chi connectivity index (χ1v) is 15.2. The number of para-hydroxylation sites is 1. The highest BCUT2D eigenvalue weighted by atomic mass is 79.9. The van der Waals surface area contributed by atoms with Crippen molar-refractivity contribution >= 4 is 51.2 Å². The zero-order valence-electron chi connectivity index (χ0n) is 24.6. The van der Waals surface area contributed by atoms with E-state index in [1.54, 1.807) is 50.8 Å². The minimum Gasteiger partial charge on any atom is -0.466 e. The SMILES string of the molecule is CCOC(=O)[C@@H]1[C@@]2(CC[C@]13C(=O)N(Cc1ccccc1)c1ccccc13)C(=O)N(C(=O)OC(C)(C)C)c1cc(Br)ccc12. The average molecular weight is 646 g/mol. The Bertz CT molecular complexity index is 1650. The molecule has 3 aromatic carbocycles. The monoisotopic (exact) mass is 644 g/mol. The van der Waals surface area contributed by atoms with E-state index in [1.165, 1.54) is 0 Å². The fourth-order valence-electron chi connectivity index (χ4n) is 7.23. The molecule has 3 aliphatic rings. The quantitative estimate of drug-likeness (QED) is 0.304. The summed E-state index contributed by atoms with van der Waals surface area (Å²) in [6.07, 6.45) is -0.440. The first-order chi connectivity index (χ1) is 20.5. The Labute approximate surface area is 259 Å². The molecule has 1 fully saturated rings. The van der Waals surface area contributed by atoms with Crippen molar-refractivity contribution < 1.29 is 28.7 Å². The Morgan fingerprint density at radius 2 is 1.51 bits per heavy atom. The molecule has 3 atom stereocenters. The number of anilines is 2. The summed E-state index contributed by atoms with van der Waals surface area (Å²) in [6, 6.07) is 22.4. The lowest BCUT2D eigenvalue weighted by molar-refractivity contribution is -0.156. The van der Waals surface area contributed by atoms with E-state index in [2.05, 4.69) is 15.9 Å². The van der Waals surface area contributed by atoms with E-state index >= 15 is 0 Å². The van der Waals surface area contributed by atoms with E-state index in [1.807, 2.05) is 54.6 Å². The molecule has 1 aliphatic carbocycles. The number of ether oxygens (including phenoxy) is 2. The van der Waals surface area contributed by atoms with Crippen LogP contribution in [0.25, 0.3) is 0 Å². The molecule has 0 aromatic heterocycles. The maximum absolute atomic E-state index is 14.8. The Morgan fingerprint density at radius 3 is 2.19 bits per heavy atom. The molecule has 2 aliphatic heterocycles. The molecular formula is C34H33BrN2O6. The molecule has 2 spiro atoms. The number of carbonyl (C=O) groups excluding carboxylic acids is 4. The van der Waals surface area contributed by atoms with Gasteiger partial charge in [0.05, 0.1) is 35.6 Å². The van der Waals surface area contributed by atoms with Crippen molar-refractivity contribution in [2.24, 2.45) is 5.92 Å². The molecular weight excluding hydrogens is 612 g/mol. The summed E-state index contributed by atoms with van der Waals surface area (Å²) in [5.74, 6) is -2.70. The molecule has 43 heavy (non-hydrogen) atoms. The third-order valence-electron chi connectivity index (χ3n) is 8.75. The number of fused-ring (bicyclic) bond motifs is 4. The van der Waals surface area contributed by atoms with E-state index in [0.717, 1.165) is 10.5 Å². The Balaban J connectivity index is 1.56. The molecule has 6 rings (SSSR count). The standard InChI is InChI=1S/C34H33BrN2O6/c1-5-42-28(38)27-33(23-13-9-10-14-25(23)36(29(33)39)20-21-11-7-6-8-12-21)17-18-34(27)24-16-15-22(35)19-26(24)37(30(34)40)31(41)43-32(2,3)4/h6-16,19,27H,5,17-18,20H2,1-4H3/t27-,33+,34-/m0/s1. The summed E-state index contributed by atoms with van der Waals surface area (Å²) in [5, 5.41) is 0. The number of halogens is 1. The van der Waals surface area contributed by atoms with Gasteiger partial charge in [0.15, 0.2) is 0 Å². The van der Waals surface area contributed by atoms with Crippen LogP contribution in [0.4, 0.5) is 16.2 Å². The molecule has 8 nitrogen and oxygen atoms in total. The highest BCUT2D eigenvalue weighted by molar-refractivity contribution is 9.10. The molecule has 3 amide bonds. The van der Waals surface area contributed by atoms with Crippen LogP contribution < -0.4 is 9.80 Å². The topological polar surface area (TPSA) is 93.2 Å². The van der Waals surface area contributed by atoms with Crippen molar-refractivity contribution in [1.29, 1.82) is 0 Å². The normalized spacial score (nSPS) is 24.1. The van der Waals surface area contributed by atoms with Gasteiger partial charge in [0, 0.05) is 10.2 Å². The van der Waals surface area contributed by atoms with E-state index in [9.17, 15) is 19.2 Å². The van der Waals surface area contributed by atoms with Crippen LogP contribution in [0.5, 0.6) is 0 Å². The van der Waals surface area contributed by atoms with E-state index < -0.39 is 40.3 Å².